The van der Waals surface area contributed by atoms with Crippen LogP contribution in [0.15, 0.2) is 48.5 Å². The van der Waals surface area contributed by atoms with Crippen LogP contribution in [0.4, 0.5) is 0 Å². The summed E-state index contributed by atoms with van der Waals surface area (Å²) in [6.07, 6.45) is -0.306. The number of benzene rings is 2. The fourth-order valence-corrected chi connectivity index (χ4v) is 2.34. The van der Waals surface area contributed by atoms with Gasteiger partial charge in [-0.25, -0.2) is 0 Å². The summed E-state index contributed by atoms with van der Waals surface area (Å²) in [5, 5.41) is 16.4. The highest BCUT2D eigenvalue weighted by Gasteiger charge is 1.99. The number of halogens is 1. The molecule has 0 bridgehead atoms. The SMILES string of the molecule is CC(O)CNCCNCc1cccc(OCc2ccc(Cl)cc2)c1. The molecule has 0 fully saturated rings. The summed E-state index contributed by atoms with van der Waals surface area (Å²) in [4.78, 5) is 0. The van der Waals surface area contributed by atoms with Gasteiger partial charge in [-0.3, -0.25) is 0 Å². The van der Waals surface area contributed by atoms with Crippen LogP contribution in [0.25, 0.3) is 0 Å². The van der Waals surface area contributed by atoms with E-state index in [1.54, 1.807) is 6.92 Å². The number of hydrogen-bond donors (Lipinski definition) is 3. The normalized spacial score (nSPS) is 12.1. The van der Waals surface area contributed by atoms with Gasteiger partial charge in [-0.05, 0) is 42.3 Å². The molecule has 0 heterocycles. The number of aliphatic hydroxyl groups excluding tert-OH is 1. The van der Waals surface area contributed by atoms with Crippen LogP contribution in [-0.2, 0) is 13.2 Å². The van der Waals surface area contributed by atoms with Gasteiger partial charge in [0.2, 0.25) is 0 Å². The van der Waals surface area contributed by atoms with Crippen LogP contribution >= 0.6 is 11.6 Å². The second kappa shape index (κ2) is 10.3. The van der Waals surface area contributed by atoms with E-state index < -0.39 is 0 Å². The summed E-state index contributed by atoms with van der Waals surface area (Å²) in [5.41, 5.74) is 2.27. The third-order valence-corrected chi connectivity index (χ3v) is 3.72. The lowest BCUT2D eigenvalue weighted by Gasteiger charge is -2.10. The van der Waals surface area contributed by atoms with Crippen molar-refractivity contribution in [3.8, 4) is 5.75 Å². The molecule has 0 aliphatic rings. The van der Waals surface area contributed by atoms with E-state index in [-0.39, 0.29) is 6.10 Å². The zero-order chi connectivity index (χ0) is 17.2. The Hall–Kier alpha value is -1.59. The highest BCUT2D eigenvalue weighted by Crippen LogP contribution is 2.16. The molecule has 5 heteroatoms. The predicted molar refractivity (Wildman–Crippen MR) is 98.5 cm³/mol. The van der Waals surface area contributed by atoms with Crippen molar-refractivity contribution in [2.45, 2.75) is 26.2 Å². The Bertz CT molecular complexity index is 603. The zero-order valence-corrected chi connectivity index (χ0v) is 14.7. The molecule has 0 spiro atoms. The van der Waals surface area contributed by atoms with Crippen molar-refractivity contribution in [3.05, 3.63) is 64.7 Å². The van der Waals surface area contributed by atoms with Gasteiger partial charge in [-0.2, -0.15) is 0 Å². The largest absolute Gasteiger partial charge is 0.489 e. The average molecular weight is 349 g/mol. The molecule has 130 valence electrons. The maximum absolute atomic E-state index is 9.16. The molecule has 1 unspecified atom stereocenters. The van der Waals surface area contributed by atoms with Crippen molar-refractivity contribution >= 4 is 11.6 Å². The number of ether oxygens (including phenoxy) is 1. The molecular weight excluding hydrogens is 324 g/mol. The maximum Gasteiger partial charge on any atom is 0.120 e. The second-order valence-corrected chi connectivity index (χ2v) is 6.23. The van der Waals surface area contributed by atoms with E-state index >= 15 is 0 Å². The zero-order valence-electron chi connectivity index (χ0n) is 14.0. The first-order chi connectivity index (χ1) is 11.6. The Morgan fingerprint density at radius 1 is 1.04 bits per heavy atom. The van der Waals surface area contributed by atoms with Crippen LogP contribution in [0.2, 0.25) is 5.02 Å². The van der Waals surface area contributed by atoms with E-state index in [1.807, 2.05) is 42.5 Å². The maximum atomic E-state index is 9.16. The third-order valence-electron chi connectivity index (χ3n) is 3.46. The van der Waals surface area contributed by atoms with Crippen LogP contribution in [0.5, 0.6) is 5.75 Å². The van der Waals surface area contributed by atoms with Gasteiger partial charge in [0.15, 0.2) is 0 Å². The molecule has 0 aliphatic heterocycles. The van der Waals surface area contributed by atoms with Crippen molar-refractivity contribution in [2.24, 2.45) is 0 Å². The first-order valence-corrected chi connectivity index (χ1v) is 8.57. The molecule has 0 amide bonds. The predicted octanol–water partition coefficient (Wildman–Crippen LogP) is 2.98. The highest BCUT2D eigenvalue weighted by atomic mass is 35.5. The number of nitrogens with one attached hydrogen (secondary N) is 2. The fourth-order valence-electron chi connectivity index (χ4n) is 2.21. The van der Waals surface area contributed by atoms with Crippen molar-refractivity contribution in [3.63, 3.8) is 0 Å². The van der Waals surface area contributed by atoms with E-state index in [4.69, 9.17) is 21.4 Å². The molecule has 1 atom stereocenters. The molecule has 0 saturated carbocycles. The summed E-state index contributed by atoms with van der Waals surface area (Å²) in [6.45, 7) is 5.39. The Morgan fingerprint density at radius 3 is 2.54 bits per heavy atom. The summed E-state index contributed by atoms with van der Waals surface area (Å²) in [7, 11) is 0. The van der Waals surface area contributed by atoms with Crippen molar-refractivity contribution < 1.29 is 9.84 Å². The first-order valence-electron chi connectivity index (χ1n) is 8.19. The van der Waals surface area contributed by atoms with Crippen LogP contribution < -0.4 is 15.4 Å². The van der Waals surface area contributed by atoms with Gasteiger partial charge in [0.25, 0.3) is 0 Å². The fraction of sp³-hybridized carbons (Fsp3) is 0.368. The molecule has 24 heavy (non-hydrogen) atoms. The van der Waals surface area contributed by atoms with Gasteiger partial charge >= 0.3 is 0 Å². The molecule has 0 aromatic heterocycles. The van der Waals surface area contributed by atoms with Crippen LogP contribution in [0.1, 0.15) is 18.1 Å². The number of rotatable bonds is 10. The van der Waals surface area contributed by atoms with Crippen LogP contribution in [0.3, 0.4) is 0 Å². The molecule has 2 aromatic carbocycles. The minimum absolute atomic E-state index is 0.306. The van der Waals surface area contributed by atoms with E-state index in [1.165, 1.54) is 5.56 Å². The smallest absolute Gasteiger partial charge is 0.120 e. The molecule has 2 aromatic rings. The summed E-state index contributed by atoms with van der Waals surface area (Å²) in [5.74, 6) is 0.858. The topological polar surface area (TPSA) is 53.5 Å². The number of hydrogen-bond acceptors (Lipinski definition) is 4. The van der Waals surface area contributed by atoms with Gasteiger partial charge in [-0.1, -0.05) is 35.9 Å². The Kier molecular flexibility index (Phi) is 8.05. The van der Waals surface area contributed by atoms with Gasteiger partial charge in [0.1, 0.15) is 12.4 Å². The second-order valence-electron chi connectivity index (χ2n) is 5.79. The lowest BCUT2D eigenvalue weighted by molar-refractivity contribution is 0.191. The quantitative estimate of drug-likeness (QED) is 0.578. The average Bonchev–Trinajstić information content (AvgIpc) is 2.58. The summed E-state index contributed by atoms with van der Waals surface area (Å²) >= 11 is 5.88. The standard InChI is InChI=1S/C19H25ClN2O2/c1-15(23)12-21-9-10-22-13-17-3-2-4-19(11-17)24-14-16-5-7-18(20)8-6-16/h2-8,11,15,21-23H,9-10,12-14H2,1H3. The Balaban J connectivity index is 1.71. The summed E-state index contributed by atoms with van der Waals surface area (Å²) < 4.78 is 5.83. The molecule has 3 N–H and O–H groups in total. The van der Waals surface area contributed by atoms with Gasteiger partial charge in [0, 0.05) is 31.2 Å². The molecule has 0 aliphatic carbocycles. The van der Waals surface area contributed by atoms with Gasteiger partial charge in [0.05, 0.1) is 6.10 Å². The van der Waals surface area contributed by atoms with Crippen LogP contribution in [0, 0.1) is 0 Å². The molecule has 0 saturated heterocycles. The molecule has 2 rings (SSSR count). The number of aliphatic hydroxyl groups is 1. The minimum atomic E-state index is -0.306. The monoisotopic (exact) mass is 348 g/mol. The van der Waals surface area contributed by atoms with E-state index in [0.717, 1.165) is 36.0 Å². The minimum Gasteiger partial charge on any atom is -0.489 e. The van der Waals surface area contributed by atoms with Crippen molar-refractivity contribution in [2.75, 3.05) is 19.6 Å². The summed E-state index contributed by atoms with van der Waals surface area (Å²) in [6, 6.07) is 15.8. The lowest BCUT2D eigenvalue weighted by Crippen LogP contribution is -2.31. The van der Waals surface area contributed by atoms with Gasteiger partial charge < -0.3 is 20.5 Å². The third kappa shape index (κ3) is 7.32. The molecule has 0 radical (unpaired) electrons. The van der Waals surface area contributed by atoms with E-state index in [9.17, 15) is 0 Å². The highest BCUT2D eigenvalue weighted by molar-refractivity contribution is 6.30. The van der Waals surface area contributed by atoms with Crippen molar-refractivity contribution in [1.29, 1.82) is 0 Å². The van der Waals surface area contributed by atoms with E-state index in [0.29, 0.717) is 13.2 Å². The van der Waals surface area contributed by atoms with E-state index in [2.05, 4.69) is 16.7 Å². The lowest BCUT2D eigenvalue weighted by atomic mass is 10.2. The molecular formula is C19H25ClN2O2. The first kappa shape index (κ1) is 18.7. The Morgan fingerprint density at radius 2 is 1.79 bits per heavy atom. The molecule has 4 nitrogen and oxygen atoms in total. The van der Waals surface area contributed by atoms with Crippen LogP contribution in [-0.4, -0.2) is 30.8 Å². The van der Waals surface area contributed by atoms with Gasteiger partial charge in [-0.15, -0.1) is 0 Å². The van der Waals surface area contributed by atoms with Crippen molar-refractivity contribution in [1.82, 2.24) is 10.6 Å². The Labute approximate surface area is 148 Å².